The van der Waals surface area contributed by atoms with Crippen molar-refractivity contribution < 1.29 is 14.2 Å². The van der Waals surface area contributed by atoms with Crippen molar-refractivity contribution in [3.63, 3.8) is 0 Å². The molecule has 1 unspecified atom stereocenters. The molecule has 1 aliphatic heterocycles. The van der Waals surface area contributed by atoms with E-state index in [4.69, 9.17) is 14.2 Å². The van der Waals surface area contributed by atoms with E-state index in [2.05, 4.69) is 15.9 Å². The average molecular weight is 287 g/mol. The molecule has 0 aliphatic carbocycles. The quantitative estimate of drug-likeness (QED) is 0.800. The van der Waals surface area contributed by atoms with Crippen LogP contribution in [0.15, 0.2) is 24.3 Å². The number of rotatable bonds is 3. The molecule has 0 N–H and O–H groups in total. The number of hydrogen-bond donors (Lipinski definition) is 0. The molecule has 4 heteroatoms. The molecule has 0 amide bonds. The molecular weight excluding hydrogens is 272 g/mol. The Labute approximate surface area is 104 Å². The van der Waals surface area contributed by atoms with Crippen molar-refractivity contribution in [3.8, 4) is 5.75 Å². The van der Waals surface area contributed by atoms with Crippen LogP contribution in [-0.2, 0) is 15.3 Å². The topological polar surface area (TPSA) is 27.7 Å². The molecule has 16 heavy (non-hydrogen) atoms. The van der Waals surface area contributed by atoms with Gasteiger partial charge in [-0.25, -0.2) is 0 Å². The second-order valence-corrected chi connectivity index (χ2v) is 5.08. The minimum Gasteiger partial charge on any atom is -0.497 e. The summed E-state index contributed by atoms with van der Waals surface area (Å²) in [6.07, 6.45) is 0. The monoisotopic (exact) mass is 286 g/mol. The molecule has 2 rings (SSSR count). The molecule has 0 radical (unpaired) electrons. The predicted octanol–water partition coefficient (Wildman–Crippen LogP) is 2.68. The van der Waals surface area contributed by atoms with E-state index in [1.165, 1.54) is 0 Å². The lowest BCUT2D eigenvalue weighted by atomic mass is 10.0. The van der Waals surface area contributed by atoms with Gasteiger partial charge in [0.2, 0.25) is 5.79 Å². The van der Waals surface area contributed by atoms with Gasteiger partial charge in [0.25, 0.3) is 0 Å². The highest BCUT2D eigenvalue weighted by Gasteiger charge is 2.42. The van der Waals surface area contributed by atoms with E-state index >= 15 is 0 Å². The maximum atomic E-state index is 5.75. The van der Waals surface area contributed by atoms with Crippen molar-refractivity contribution in [3.05, 3.63) is 29.8 Å². The largest absolute Gasteiger partial charge is 0.497 e. The highest BCUT2D eigenvalue weighted by molar-refractivity contribution is 9.09. The maximum Gasteiger partial charge on any atom is 0.207 e. The number of methoxy groups -OCH3 is 1. The van der Waals surface area contributed by atoms with Gasteiger partial charge in [0.05, 0.1) is 25.2 Å². The third kappa shape index (κ3) is 1.97. The third-order valence-electron chi connectivity index (χ3n) is 2.73. The smallest absolute Gasteiger partial charge is 0.207 e. The Balaban J connectivity index is 2.32. The minimum absolute atomic E-state index is 0.0934. The highest BCUT2D eigenvalue weighted by Crippen LogP contribution is 2.38. The lowest BCUT2D eigenvalue weighted by Crippen LogP contribution is -2.35. The van der Waals surface area contributed by atoms with Gasteiger partial charge in [-0.3, -0.25) is 0 Å². The summed E-state index contributed by atoms with van der Waals surface area (Å²) in [5, 5.41) is 0. The van der Waals surface area contributed by atoms with Crippen LogP contribution in [0.5, 0.6) is 5.75 Å². The van der Waals surface area contributed by atoms with Crippen LogP contribution in [-0.4, -0.2) is 25.2 Å². The summed E-state index contributed by atoms with van der Waals surface area (Å²) in [5.74, 6) is 0.172. The van der Waals surface area contributed by atoms with Crippen molar-refractivity contribution >= 4 is 15.9 Å². The van der Waals surface area contributed by atoms with Gasteiger partial charge in [0.15, 0.2) is 0 Å². The first-order valence-electron chi connectivity index (χ1n) is 5.25. The summed E-state index contributed by atoms with van der Waals surface area (Å²) in [4.78, 5) is 0.0934. The Kier molecular flexibility index (Phi) is 3.52. The summed E-state index contributed by atoms with van der Waals surface area (Å²) in [7, 11) is 1.65. The van der Waals surface area contributed by atoms with E-state index in [1.807, 2.05) is 31.2 Å². The summed E-state index contributed by atoms with van der Waals surface area (Å²) in [5.41, 5.74) is 1.01. The summed E-state index contributed by atoms with van der Waals surface area (Å²) >= 11 is 3.55. The Bertz CT molecular complexity index is 342. The molecule has 1 heterocycles. The predicted molar refractivity (Wildman–Crippen MR) is 65.0 cm³/mol. The number of hydrogen-bond acceptors (Lipinski definition) is 3. The van der Waals surface area contributed by atoms with E-state index < -0.39 is 5.79 Å². The molecule has 0 spiro atoms. The molecule has 0 saturated carbocycles. The van der Waals surface area contributed by atoms with Crippen LogP contribution in [0.25, 0.3) is 0 Å². The molecule has 1 aliphatic rings. The van der Waals surface area contributed by atoms with Crippen LogP contribution >= 0.6 is 15.9 Å². The van der Waals surface area contributed by atoms with Gasteiger partial charge in [-0.15, -0.1) is 0 Å². The Morgan fingerprint density at radius 3 is 2.25 bits per heavy atom. The van der Waals surface area contributed by atoms with Gasteiger partial charge in [0.1, 0.15) is 5.75 Å². The zero-order valence-corrected chi connectivity index (χ0v) is 11.0. The van der Waals surface area contributed by atoms with Crippen molar-refractivity contribution in [2.24, 2.45) is 0 Å². The fraction of sp³-hybridized carbons (Fsp3) is 0.500. The van der Waals surface area contributed by atoms with E-state index in [0.29, 0.717) is 13.2 Å². The molecule has 1 fully saturated rings. The summed E-state index contributed by atoms with van der Waals surface area (Å²) in [6, 6.07) is 7.78. The highest BCUT2D eigenvalue weighted by atomic mass is 79.9. The van der Waals surface area contributed by atoms with Crippen LogP contribution in [0.2, 0.25) is 0 Å². The van der Waals surface area contributed by atoms with Crippen molar-refractivity contribution in [2.75, 3.05) is 20.3 Å². The zero-order chi connectivity index (χ0) is 11.6. The fourth-order valence-corrected chi connectivity index (χ4v) is 2.41. The molecule has 1 aromatic rings. The maximum absolute atomic E-state index is 5.75. The van der Waals surface area contributed by atoms with E-state index in [9.17, 15) is 0 Å². The number of benzene rings is 1. The minimum atomic E-state index is -0.660. The molecule has 88 valence electrons. The van der Waals surface area contributed by atoms with Gasteiger partial charge >= 0.3 is 0 Å². The number of ether oxygens (including phenoxy) is 3. The van der Waals surface area contributed by atoms with Crippen LogP contribution in [0.1, 0.15) is 12.5 Å². The number of alkyl halides is 1. The molecule has 3 nitrogen and oxygen atoms in total. The third-order valence-corrected chi connectivity index (χ3v) is 3.34. The van der Waals surface area contributed by atoms with Gasteiger partial charge in [-0.2, -0.15) is 0 Å². The van der Waals surface area contributed by atoms with Crippen molar-refractivity contribution in [1.29, 1.82) is 0 Å². The normalized spacial score (nSPS) is 20.7. The zero-order valence-electron chi connectivity index (χ0n) is 9.40. The first-order valence-corrected chi connectivity index (χ1v) is 6.17. The SMILES string of the molecule is COc1ccc(C2(C(C)Br)OCCO2)cc1. The first-order chi connectivity index (χ1) is 7.69. The van der Waals surface area contributed by atoms with Crippen molar-refractivity contribution in [1.82, 2.24) is 0 Å². The van der Waals surface area contributed by atoms with Crippen LogP contribution in [0, 0.1) is 0 Å². The fourth-order valence-electron chi connectivity index (χ4n) is 1.88. The second-order valence-electron chi connectivity index (χ2n) is 3.71. The number of halogens is 1. The summed E-state index contributed by atoms with van der Waals surface area (Å²) < 4.78 is 16.6. The average Bonchev–Trinajstić information content (AvgIpc) is 2.79. The molecule has 0 bridgehead atoms. The Morgan fingerprint density at radius 1 is 1.25 bits per heavy atom. The van der Waals surface area contributed by atoms with Crippen LogP contribution in [0.3, 0.4) is 0 Å². The molecule has 1 atom stereocenters. The van der Waals surface area contributed by atoms with Gasteiger partial charge in [-0.1, -0.05) is 15.9 Å². The Morgan fingerprint density at radius 2 is 1.81 bits per heavy atom. The van der Waals surface area contributed by atoms with E-state index in [1.54, 1.807) is 7.11 Å². The van der Waals surface area contributed by atoms with Crippen molar-refractivity contribution in [2.45, 2.75) is 17.5 Å². The lowest BCUT2D eigenvalue weighted by molar-refractivity contribution is -0.161. The second kappa shape index (κ2) is 4.73. The first kappa shape index (κ1) is 11.9. The van der Waals surface area contributed by atoms with Gasteiger partial charge < -0.3 is 14.2 Å². The molecule has 0 aromatic heterocycles. The standard InChI is InChI=1S/C12H15BrO3/c1-9(13)12(15-7-8-16-12)10-3-5-11(14-2)6-4-10/h3-6,9H,7-8H2,1-2H3. The lowest BCUT2D eigenvalue weighted by Gasteiger charge is -2.30. The van der Waals surface area contributed by atoms with E-state index in [0.717, 1.165) is 11.3 Å². The van der Waals surface area contributed by atoms with E-state index in [-0.39, 0.29) is 4.83 Å². The van der Waals surface area contributed by atoms with Gasteiger partial charge in [0, 0.05) is 5.56 Å². The molecule has 1 saturated heterocycles. The summed E-state index contributed by atoms with van der Waals surface area (Å²) in [6.45, 7) is 3.28. The van der Waals surface area contributed by atoms with Gasteiger partial charge in [-0.05, 0) is 31.2 Å². The van der Waals surface area contributed by atoms with Crippen LogP contribution < -0.4 is 4.74 Å². The Hall–Kier alpha value is -0.580. The molecular formula is C12H15BrO3. The molecule has 1 aromatic carbocycles. The van der Waals surface area contributed by atoms with Crippen LogP contribution in [0.4, 0.5) is 0 Å².